The molecular weight excluding hydrogens is 378 g/mol. The average Bonchev–Trinajstić information content (AvgIpc) is 2.72. The maximum Gasteiger partial charge on any atom is 0.135 e. The minimum absolute atomic E-state index is 0.130. The number of fused-ring (bicyclic) bond motifs is 2. The first-order valence-electron chi connectivity index (χ1n) is 10.0. The topological polar surface area (TPSA) is 60.3 Å². The molecular formula is C25H27NO4. The molecule has 0 spiro atoms. The number of benzene rings is 3. The van der Waals surface area contributed by atoms with Gasteiger partial charge in [0.1, 0.15) is 23.0 Å². The maximum atomic E-state index is 11.5. The van der Waals surface area contributed by atoms with E-state index in [1.807, 2.05) is 38.1 Å². The van der Waals surface area contributed by atoms with E-state index < -0.39 is 0 Å². The second-order valence-corrected chi connectivity index (χ2v) is 7.75. The Morgan fingerprint density at radius 3 is 2.23 bits per heavy atom. The molecule has 1 aliphatic rings. The van der Waals surface area contributed by atoms with Crippen LogP contribution in [0.2, 0.25) is 0 Å². The Morgan fingerprint density at radius 2 is 1.57 bits per heavy atom. The fourth-order valence-corrected chi connectivity index (χ4v) is 4.64. The third-order valence-corrected chi connectivity index (χ3v) is 5.84. The summed E-state index contributed by atoms with van der Waals surface area (Å²) in [5, 5.41) is 13.1. The number of aromatic hydroxyl groups is 1. The minimum atomic E-state index is 0.130. The third kappa shape index (κ3) is 2.96. The van der Waals surface area contributed by atoms with Gasteiger partial charge >= 0.3 is 0 Å². The summed E-state index contributed by atoms with van der Waals surface area (Å²) in [6.07, 6.45) is 0.735. The van der Waals surface area contributed by atoms with Gasteiger partial charge in [0.2, 0.25) is 0 Å². The first kappa shape index (κ1) is 20.1. The lowest BCUT2D eigenvalue weighted by Gasteiger charge is -2.27. The van der Waals surface area contributed by atoms with Crippen LogP contribution < -0.4 is 14.2 Å². The van der Waals surface area contributed by atoms with Gasteiger partial charge in [-0.3, -0.25) is 4.99 Å². The monoisotopic (exact) mass is 405 g/mol. The van der Waals surface area contributed by atoms with Crippen LogP contribution in [-0.4, -0.2) is 38.2 Å². The highest BCUT2D eigenvalue weighted by Crippen LogP contribution is 2.50. The van der Waals surface area contributed by atoms with Crippen LogP contribution in [0.5, 0.6) is 23.0 Å². The number of ether oxygens (including phenoxy) is 3. The predicted octanol–water partition coefficient (Wildman–Crippen LogP) is 5.30. The second kappa shape index (κ2) is 7.56. The highest BCUT2D eigenvalue weighted by Gasteiger charge is 2.29. The van der Waals surface area contributed by atoms with Crippen LogP contribution >= 0.6 is 0 Å². The lowest BCUT2D eigenvalue weighted by Crippen LogP contribution is -2.19. The number of hydrogen-bond acceptors (Lipinski definition) is 5. The minimum Gasteiger partial charge on any atom is -0.506 e. The van der Waals surface area contributed by atoms with Crippen molar-refractivity contribution in [3.05, 3.63) is 47.0 Å². The summed E-state index contributed by atoms with van der Waals surface area (Å²) in [5.41, 5.74) is 5.60. The van der Waals surface area contributed by atoms with Crippen LogP contribution in [0.15, 0.2) is 35.3 Å². The molecule has 1 N–H and O–H groups in total. The number of methoxy groups -OCH3 is 3. The van der Waals surface area contributed by atoms with E-state index >= 15 is 0 Å². The number of aliphatic imine (C=N–C) groups is 1. The van der Waals surface area contributed by atoms with Crippen LogP contribution in [0.4, 0.5) is 0 Å². The summed E-state index contributed by atoms with van der Waals surface area (Å²) in [6, 6.07) is 9.86. The molecule has 4 rings (SSSR count). The number of phenols is 1. The Hall–Kier alpha value is -3.21. The molecule has 3 aromatic rings. The fourth-order valence-electron chi connectivity index (χ4n) is 4.64. The van der Waals surface area contributed by atoms with Crippen LogP contribution in [0.1, 0.15) is 30.5 Å². The van der Waals surface area contributed by atoms with Crippen molar-refractivity contribution in [1.82, 2.24) is 0 Å². The second-order valence-electron chi connectivity index (χ2n) is 7.75. The van der Waals surface area contributed by atoms with Gasteiger partial charge in [-0.1, -0.05) is 18.2 Å². The molecule has 0 saturated carbocycles. The normalized spacial score (nSPS) is 15.5. The molecule has 0 aromatic heterocycles. The van der Waals surface area contributed by atoms with E-state index in [-0.39, 0.29) is 11.8 Å². The van der Waals surface area contributed by atoms with E-state index in [4.69, 9.17) is 19.2 Å². The number of aryl methyl sites for hydroxylation is 1. The Kier molecular flexibility index (Phi) is 5.06. The Morgan fingerprint density at radius 1 is 0.900 bits per heavy atom. The zero-order chi connectivity index (χ0) is 21.6. The van der Waals surface area contributed by atoms with Crippen molar-refractivity contribution < 1.29 is 19.3 Å². The Bertz CT molecular complexity index is 1180. The zero-order valence-corrected chi connectivity index (χ0v) is 18.3. The lowest BCUT2D eigenvalue weighted by molar-refractivity contribution is 0.393. The highest BCUT2D eigenvalue weighted by molar-refractivity contribution is 6.08. The molecule has 1 aliphatic heterocycles. The molecule has 0 fully saturated rings. The first-order valence-corrected chi connectivity index (χ1v) is 10.0. The number of hydrogen-bond donors (Lipinski definition) is 1. The summed E-state index contributed by atoms with van der Waals surface area (Å²) in [6.45, 7) is 6.11. The molecule has 5 nitrogen and oxygen atoms in total. The predicted molar refractivity (Wildman–Crippen MR) is 121 cm³/mol. The van der Waals surface area contributed by atoms with Crippen molar-refractivity contribution in [2.45, 2.75) is 33.2 Å². The number of nitrogens with zero attached hydrogens (tertiary/aromatic N) is 1. The van der Waals surface area contributed by atoms with Gasteiger partial charge in [-0.25, -0.2) is 0 Å². The summed E-state index contributed by atoms with van der Waals surface area (Å²) in [7, 11) is 4.92. The molecule has 156 valence electrons. The van der Waals surface area contributed by atoms with Crippen LogP contribution in [0.3, 0.4) is 0 Å². The van der Waals surface area contributed by atoms with Crippen LogP contribution in [-0.2, 0) is 6.42 Å². The van der Waals surface area contributed by atoms with Gasteiger partial charge in [-0.2, -0.15) is 0 Å². The molecule has 30 heavy (non-hydrogen) atoms. The van der Waals surface area contributed by atoms with Gasteiger partial charge < -0.3 is 19.3 Å². The summed E-state index contributed by atoms with van der Waals surface area (Å²) in [4.78, 5) is 4.76. The van der Waals surface area contributed by atoms with E-state index in [1.54, 1.807) is 21.3 Å². The number of rotatable bonds is 4. The number of phenolic OH excluding ortho intramolecular Hbond substituents is 1. The Labute approximate surface area is 176 Å². The molecule has 0 unspecified atom stereocenters. The molecule has 5 heteroatoms. The quantitative estimate of drug-likeness (QED) is 0.640. The SMILES string of the molecule is COc1cc(OC)c(-c2c(C)cc3cccc(OC)c3c2O)c2c1C(C)=N[C@H](C)C2. The summed E-state index contributed by atoms with van der Waals surface area (Å²) < 4.78 is 17.0. The maximum absolute atomic E-state index is 11.5. The van der Waals surface area contributed by atoms with Gasteiger partial charge in [0.15, 0.2) is 0 Å². The molecule has 0 bridgehead atoms. The van der Waals surface area contributed by atoms with Gasteiger partial charge in [0.05, 0.1) is 32.8 Å². The van der Waals surface area contributed by atoms with Crippen molar-refractivity contribution in [3.8, 4) is 34.1 Å². The largest absolute Gasteiger partial charge is 0.506 e. The average molecular weight is 405 g/mol. The first-order chi connectivity index (χ1) is 14.4. The Balaban J connectivity index is 2.15. The van der Waals surface area contributed by atoms with Gasteiger partial charge in [0.25, 0.3) is 0 Å². The van der Waals surface area contributed by atoms with Gasteiger partial charge in [-0.05, 0) is 49.8 Å². The lowest BCUT2D eigenvalue weighted by atomic mass is 9.84. The molecule has 1 heterocycles. The van der Waals surface area contributed by atoms with Crippen molar-refractivity contribution in [3.63, 3.8) is 0 Å². The van der Waals surface area contributed by atoms with Crippen molar-refractivity contribution >= 4 is 16.5 Å². The van der Waals surface area contributed by atoms with Crippen LogP contribution in [0, 0.1) is 6.92 Å². The molecule has 3 aromatic carbocycles. The highest BCUT2D eigenvalue weighted by atomic mass is 16.5. The molecule has 1 atom stereocenters. The zero-order valence-electron chi connectivity index (χ0n) is 18.3. The fraction of sp³-hybridized carbons (Fsp3) is 0.320. The summed E-state index contributed by atoms with van der Waals surface area (Å²) >= 11 is 0. The molecule has 0 amide bonds. The van der Waals surface area contributed by atoms with E-state index in [0.29, 0.717) is 16.9 Å². The molecule has 0 radical (unpaired) electrons. The van der Waals surface area contributed by atoms with Gasteiger partial charge in [0, 0.05) is 28.5 Å². The summed E-state index contributed by atoms with van der Waals surface area (Å²) in [5.74, 6) is 2.23. The standard InChI is InChI=1S/C25H27NO4/c1-13-10-16-8-7-9-18(28-4)23(16)25(27)21(13)24-17-11-14(2)26-15(3)22(17)19(29-5)12-20(24)30-6/h7-10,12,14,27H,11H2,1-6H3/t14-/m1/s1. The van der Waals surface area contributed by atoms with E-state index in [1.165, 1.54) is 0 Å². The van der Waals surface area contributed by atoms with E-state index in [9.17, 15) is 5.11 Å². The van der Waals surface area contributed by atoms with Crippen molar-refractivity contribution in [1.29, 1.82) is 0 Å². The molecule has 0 aliphatic carbocycles. The smallest absolute Gasteiger partial charge is 0.135 e. The van der Waals surface area contributed by atoms with Crippen LogP contribution in [0.25, 0.3) is 21.9 Å². The van der Waals surface area contributed by atoms with Gasteiger partial charge in [-0.15, -0.1) is 0 Å². The van der Waals surface area contributed by atoms with E-state index in [2.05, 4.69) is 13.0 Å². The van der Waals surface area contributed by atoms with Crippen molar-refractivity contribution in [2.24, 2.45) is 4.99 Å². The van der Waals surface area contributed by atoms with Crippen molar-refractivity contribution in [2.75, 3.05) is 21.3 Å². The third-order valence-electron chi connectivity index (χ3n) is 5.84. The van der Waals surface area contributed by atoms with E-state index in [0.717, 1.165) is 51.1 Å². The molecule has 0 saturated heterocycles.